The van der Waals surface area contributed by atoms with E-state index in [0.717, 1.165) is 67.5 Å². The first-order valence-electron chi connectivity index (χ1n) is 12.7. The number of hydrogen-bond acceptors (Lipinski definition) is 4. The van der Waals surface area contributed by atoms with Gasteiger partial charge in [0.1, 0.15) is 5.75 Å². The molecular weight excluding hydrogens is 575 g/mol. The van der Waals surface area contributed by atoms with Crippen molar-refractivity contribution in [2.24, 2.45) is 5.92 Å². The molecule has 3 rings (SSSR count). The van der Waals surface area contributed by atoms with Gasteiger partial charge < -0.3 is 4.74 Å². The number of β-amino-alcohol motifs (C(OH)–C–C–N with tert-alkyl or cyclic N) is 1. The maximum atomic E-state index is 13.3. The fraction of sp³-hybridized carbons (Fsp3) is 0.483. The molecular formula is C29H37F2INO3-. The minimum absolute atomic E-state index is 0.0591. The second-order valence-electron chi connectivity index (χ2n) is 9.39. The van der Waals surface area contributed by atoms with E-state index in [4.69, 9.17) is 4.74 Å². The van der Waals surface area contributed by atoms with Crippen molar-refractivity contribution in [3.05, 3.63) is 71.3 Å². The third kappa shape index (κ3) is 8.92. The van der Waals surface area contributed by atoms with Crippen LogP contribution in [0.2, 0.25) is 0 Å². The third-order valence-corrected chi connectivity index (χ3v) is 9.15. The van der Waals surface area contributed by atoms with Gasteiger partial charge in [0.2, 0.25) is 0 Å². The van der Waals surface area contributed by atoms with E-state index in [0.29, 0.717) is 18.0 Å². The van der Waals surface area contributed by atoms with Gasteiger partial charge in [-0.25, -0.2) is 0 Å². The summed E-state index contributed by atoms with van der Waals surface area (Å²) in [6, 6.07) is 12.0. The molecule has 0 saturated carbocycles. The Labute approximate surface area is 224 Å². The fourth-order valence-electron chi connectivity index (χ4n) is 4.75. The van der Waals surface area contributed by atoms with Crippen molar-refractivity contribution in [3.63, 3.8) is 0 Å². The number of rotatable bonds is 13. The van der Waals surface area contributed by atoms with E-state index in [1.165, 1.54) is 17.7 Å². The van der Waals surface area contributed by atoms with Crippen LogP contribution in [0.15, 0.2) is 48.5 Å². The van der Waals surface area contributed by atoms with E-state index in [1.54, 1.807) is 13.2 Å². The predicted molar refractivity (Wildman–Crippen MR) is 136 cm³/mol. The van der Waals surface area contributed by atoms with Crippen molar-refractivity contribution in [2.75, 3.05) is 31.2 Å². The number of ether oxygens (including phenoxy) is 1. The number of hydrogen-bond donors (Lipinski definition) is 1. The molecule has 2 aromatic carbocycles. The van der Waals surface area contributed by atoms with Gasteiger partial charge >= 0.3 is 207 Å². The Balaban J connectivity index is 1.41. The van der Waals surface area contributed by atoms with Crippen molar-refractivity contribution < 1.29 is 44.6 Å². The summed E-state index contributed by atoms with van der Waals surface area (Å²) >= 11 is -0.705. The second-order valence-corrected chi connectivity index (χ2v) is 12.3. The topological polar surface area (TPSA) is 49.8 Å². The number of benzene rings is 2. The van der Waals surface area contributed by atoms with Crippen molar-refractivity contribution in [1.29, 1.82) is 0 Å². The Morgan fingerprint density at radius 2 is 1.86 bits per heavy atom. The number of nitrogens with zero attached hydrogens (tertiary/aromatic N) is 1. The van der Waals surface area contributed by atoms with Crippen molar-refractivity contribution in [3.8, 4) is 5.75 Å². The van der Waals surface area contributed by atoms with Crippen LogP contribution in [0.4, 0.5) is 8.78 Å². The summed E-state index contributed by atoms with van der Waals surface area (Å²) < 4.78 is 32.5. The average molecular weight is 613 g/mol. The van der Waals surface area contributed by atoms with Gasteiger partial charge in [0.15, 0.2) is 0 Å². The molecule has 0 spiro atoms. The molecule has 1 aliphatic heterocycles. The van der Waals surface area contributed by atoms with Crippen LogP contribution in [0.1, 0.15) is 56.1 Å². The first kappa shape index (κ1) is 28.7. The molecule has 4 nitrogen and oxygen atoms in total. The van der Waals surface area contributed by atoms with Gasteiger partial charge in [-0.15, -0.1) is 0 Å². The number of carbonyl (C=O) groups is 1. The van der Waals surface area contributed by atoms with Crippen molar-refractivity contribution in [2.45, 2.75) is 51.0 Å². The number of halogens is 3. The Hall–Kier alpha value is -1.84. The van der Waals surface area contributed by atoms with Crippen LogP contribution in [0.5, 0.6) is 5.75 Å². The summed E-state index contributed by atoms with van der Waals surface area (Å²) in [4.78, 5) is 14.7. The number of alkyl halides is 1. The van der Waals surface area contributed by atoms with Gasteiger partial charge in [-0.1, -0.05) is 0 Å². The van der Waals surface area contributed by atoms with Gasteiger partial charge in [-0.3, -0.25) is 0 Å². The van der Waals surface area contributed by atoms with Crippen LogP contribution in [-0.4, -0.2) is 51.1 Å². The molecule has 2 unspecified atom stereocenters. The van der Waals surface area contributed by atoms with Crippen LogP contribution in [-0.2, 0) is 4.79 Å². The number of allylic oxidation sites excluding steroid dienone is 1. The molecule has 0 radical (unpaired) electrons. The number of aliphatic hydroxyl groups excluding tert-OH is 1. The number of methoxy groups -OCH3 is 1. The quantitative estimate of drug-likeness (QED) is 0.164. The van der Waals surface area contributed by atoms with Crippen LogP contribution >= 0.6 is 0 Å². The number of aliphatic hydroxyl groups is 1. The number of likely N-dealkylation sites (tertiary alicyclic amines) is 1. The molecule has 1 heterocycles. The molecule has 1 fully saturated rings. The molecule has 1 aliphatic rings. The van der Waals surface area contributed by atoms with E-state index in [9.17, 15) is 18.7 Å². The molecule has 0 bridgehead atoms. The summed E-state index contributed by atoms with van der Waals surface area (Å²) in [7, 11) is 1.68. The van der Waals surface area contributed by atoms with E-state index in [2.05, 4.69) is 24.0 Å². The normalized spacial score (nSPS) is 16.9. The summed E-state index contributed by atoms with van der Waals surface area (Å²) in [5.41, 5.74) is 1.83. The second kappa shape index (κ2) is 14.8. The van der Waals surface area contributed by atoms with Gasteiger partial charge in [-0.05, 0) is 0 Å². The first-order chi connectivity index (χ1) is 17.4. The van der Waals surface area contributed by atoms with Crippen LogP contribution in [0.3, 0.4) is 0 Å². The van der Waals surface area contributed by atoms with Gasteiger partial charge in [-0.2, -0.15) is 0 Å². The maximum absolute atomic E-state index is 13.3. The summed E-state index contributed by atoms with van der Waals surface area (Å²) in [6.45, 7) is 4.77. The molecule has 7 heteroatoms. The van der Waals surface area contributed by atoms with Crippen molar-refractivity contribution >= 4 is 9.87 Å². The molecule has 0 amide bonds. The SMILES string of the molecule is CCCC(CC[I-]C(=O)/C=C/c1ccc(F)c(F)c1)C(O)CN1CCC(c2ccc(OC)cc2)CC1. The zero-order valence-electron chi connectivity index (χ0n) is 21.1. The van der Waals surface area contributed by atoms with Crippen LogP contribution in [0.25, 0.3) is 6.08 Å². The number of piperidine rings is 1. The standard InChI is InChI=1S/C29H37F2INO3/c1-3-4-24(13-16-32-29(35)12-6-21-5-11-26(30)27(31)19-21)28(34)20-33-17-14-23(15-18-33)22-7-9-25(36-2)10-8-22/h5-12,19,23-24,28,34H,3-4,13-18,20H2,1-2H3/q-1/b12-6+. The molecule has 2 aromatic rings. The predicted octanol–water partition coefficient (Wildman–Crippen LogP) is 2.65. The Morgan fingerprint density at radius 1 is 1.14 bits per heavy atom. The van der Waals surface area contributed by atoms with Gasteiger partial charge in [0.05, 0.1) is 7.11 Å². The molecule has 1 saturated heterocycles. The van der Waals surface area contributed by atoms with E-state index >= 15 is 0 Å². The monoisotopic (exact) mass is 612 g/mol. The molecule has 198 valence electrons. The van der Waals surface area contributed by atoms with E-state index in [1.807, 2.05) is 12.1 Å². The van der Waals surface area contributed by atoms with Crippen LogP contribution < -0.4 is 25.9 Å². The summed E-state index contributed by atoms with van der Waals surface area (Å²) in [5, 5.41) is 11.0. The Kier molecular flexibility index (Phi) is 11.8. The zero-order chi connectivity index (χ0) is 25.9. The Morgan fingerprint density at radius 3 is 2.50 bits per heavy atom. The van der Waals surface area contributed by atoms with Gasteiger partial charge in [0, 0.05) is 0 Å². The summed E-state index contributed by atoms with van der Waals surface area (Å²) in [5.74, 6) is -0.193. The summed E-state index contributed by atoms with van der Waals surface area (Å²) in [6.07, 6.45) is 7.59. The first-order valence-corrected chi connectivity index (χ1v) is 15.3. The van der Waals surface area contributed by atoms with Crippen LogP contribution in [0, 0.1) is 17.6 Å². The number of carbonyl (C=O) groups excluding carboxylic acids is 1. The van der Waals surface area contributed by atoms with Gasteiger partial charge in [0.25, 0.3) is 0 Å². The van der Waals surface area contributed by atoms with E-state index in [-0.39, 0.29) is 15.8 Å². The molecule has 2 atom stereocenters. The molecule has 1 N–H and O–H groups in total. The van der Waals surface area contributed by atoms with E-state index < -0.39 is 32.8 Å². The molecule has 36 heavy (non-hydrogen) atoms. The fourth-order valence-corrected chi connectivity index (χ4v) is 6.83. The molecule has 0 aliphatic carbocycles. The van der Waals surface area contributed by atoms with Crippen molar-refractivity contribution in [1.82, 2.24) is 4.90 Å². The molecule has 0 aromatic heterocycles. The Bertz CT molecular complexity index is 991. The average Bonchev–Trinajstić information content (AvgIpc) is 2.89. The third-order valence-electron chi connectivity index (χ3n) is 6.88. The minimum atomic E-state index is -0.916. The zero-order valence-corrected chi connectivity index (χ0v) is 23.3.